The first-order valence-corrected chi connectivity index (χ1v) is 7.23. The van der Waals surface area contributed by atoms with Crippen LogP contribution in [0.4, 0.5) is 0 Å². The molecule has 4 heteroatoms. The molecule has 0 saturated heterocycles. The lowest BCUT2D eigenvalue weighted by Crippen LogP contribution is -2.43. The molecule has 0 saturated carbocycles. The van der Waals surface area contributed by atoms with Crippen LogP contribution in [0.3, 0.4) is 0 Å². The molecule has 1 unspecified atom stereocenters. The average molecular weight is 271 g/mol. The van der Waals surface area contributed by atoms with Gasteiger partial charge in [0.25, 0.3) is 0 Å². The first-order valence-electron chi connectivity index (χ1n) is 7.23. The van der Waals surface area contributed by atoms with Crippen molar-refractivity contribution >= 4 is 0 Å². The minimum Gasteiger partial charge on any atom is -0.394 e. The van der Waals surface area contributed by atoms with Crippen molar-refractivity contribution < 1.29 is 5.11 Å². The lowest BCUT2D eigenvalue weighted by Gasteiger charge is -2.29. The number of aromatic nitrogens is 2. The number of rotatable bonds is 5. The van der Waals surface area contributed by atoms with Crippen LogP contribution >= 0.6 is 0 Å². The lowest BCUT2D eigenvalue weighted by molar-refractivity contribution is 0.157. The average Bonchev–Trinajstić information content (AvgIpc) is 3.10. The molecule has 0 amide bonds. The molecule has 1 aromatic carbocycles. The Kier molecular flexibility index (Phi) is 3.59. The molecule has 0 aliphatic heterocycles. The zero-order valence-electron chi connectivity index (χ0n) is 11.8. The van der Waals surface area contributed by atoms with E-state index in [1.54, 1.807) is 0 Å². The Bertz CT molecular complexity index is 593. The summed E-state index contributed by atoms with van der Waals surface area (Å²) in [6.07, 6.45) is 5.78. The molecule has 0 bridgehead atoms. The summed E-state index contributed by atoms with van der Waals surface area (Å²) in [7, 11) is 0. The number of hydrogen-bond donors (Lipinski definition) is 2. The summed E-state index contributed by atoms with van der Waals surface area (Å²) in [5.41, 5.74) is 2.26. The molecule has 1 aliphatic carbocycles. The normalized spacial score (nSPS) is 21.1. The zero-order chi connectivity index (χ0) is 14.0. The first kappa shape index (κ1) is 13.3. The molecule has 4 nitrogen and oxygen atoms in total. The van der Waals surface area contributed by atoms with Gasteiger partial charge in [-0.2, -0.15) is 0 Å². The number of hydrogen-bond acceptors (Lipinski definition) is 3. The van der Waals surface area contributed by atoms with Gasteiger partial charge in [-0.1, -0.05) is 24.3 Å². The first-order chi connectivity index (χ1) is 9.79. The Hall–Kier alpha value is -1.65. The number of nitrogens with zero attached hydrogens (tertiary/aromatic N) is 2. The Balaban J connectivity index is 1.82. The second-order valence-corrected chi connectivity index (χ2v) is 5.38. The van der Waals surface area contributed by atoms with Gasteiger partial charge in [0.15, 0.2) is 0 Å². The molecule has 2 N–H and O–H groups in total. The van der Waals surface area contributed by atoms with Gasteiger partial charge in [0.1, 0.15) is 5.82 Å². The Morgan fingerprint density at radius 3 is 3.05 bits per heavy atom. The van der Waals surface area contributed by atoms with Gasteiger partial charge in [0.05, 0.1) is 18.7 Å². The van der Waals surface area contributed by atoms with Gasteiger partial charge in [-0.05, 0) is 30.9 Å². The van der Waals surface area contributed by atoms with Gasteiger partial charge >= 0.3 is 0 Å². The molecular weight excluding hydrogens is 250 g/mol. The van der Waals surface area contributed by atoms with Crippen LogP contribution in [-0.4, -0.2) is 21.3 Å². The van der Waals surface area contributed by atoms with E-state index in [2.05, 4.69) is 40.0 Å². The molecule has 0 radical (unpaired) electrons. The van der Waals surface area contributed by atoms with Gasteiger partial charge in [0.2, 0.25) is 0 Å². The summed E-state index contributed by atoms with van der Waals surface area (Å²) < 4.78 is 2.12. The molecule has 1 atom stereocenters. The van der Waals surface area contributed by atoms with E-state index in [1.165, 1.54) is 11.1 Å². The van der Waals surface area contributed by atoms with E-state index < -0.39 is 0 Å². The topological polar surface area (TPSA) is 50.1 Å². The van der Waals surface area contributed by atoms with Crippen LogP contribution in [0.25, 0.3) is 0 Å². The van der Waals surface area contributed by atoms with E-state index in [4.69, 9.17) is 0 Å². The number of benzene rings is 1. The van der Waals surface area contributed by atoms with Crippen molar-refractivity contribution in [3.05, 3.63) is 53.6 Å². The number of imidazole rings is 1. The van der Waals surface area contributed by atoms with E-state index in [0.29, 0.717) is 6.54 Å². The third-order valence-corrected chi connectivity index (χ3v) is 4.35. The van der Waals surface area contributed by atoms with Gasteiger partial charge in [-0.3, -0.25) is 5.32 Å². The maximum atomic E-state index is 9.93. The second-order valence-electron chi connectivity index (χ2n) is 5.38. The fraction of sp³-hybridized carbons (Fsp3) is 0.438. The predicted molar refractivity (Wildman–Crippen MR) is 78.3 cm³/mol. The number of nitrogens with one attached hydrogen (secondary N) is 1. The quantitative estimate of drug-likeness (QED) is 0.872. The largest absolute Gasteiger partial charge is 0.394 e. The van der Waals surface area contributed by atoms with Crippen LogP contribution in [0.15, 0.2) is 36.7 Å². The fourth-order valence-electron chi connectivity index (χ4n) is 3.14. The zero-order valence-corrected chi connectivity index (χ0v) is 11.8. The summed E-state index contributed by atoms with van der Waals surface area (Å²) in [4.78, 5) is 4.39. The second kappa shape index (κ2) is 5.38. The number of aryl methyl sites for hydroxylation is 2. The molecular formula is C16H21N3O. The van der Waals surface area contributed by atoms with Gasteiger partial charge in [-0.15, -0.1) is 0 Å². The lowest BCUT2D eigenvalue weighted by atomic mass is 9.92. The van der Waals surface area contributed by atoms with E-state index in [9.17, 15) is 5.11 Å². The molecule has 3 rings (SSSR count). The molecule has 2 aromatic rings. The minimum atomic E-state index is -0.318. The summed E-state index contributed by atoms with van der Waals surface area (Å²) in [6.45, 7) is 3.82. The van der Waals surface area contributed by atoms with Crippen molar-refractivity contribution in [2.75, 3.05) is 6.61 Å². The maximum absolute atomic E-state index is 9.93. The highest BCUT2D eigenvalue weighted by Gasteiger charge is 2.37. The Morgan fingerprint density at radius 2 is 2.25 bits per heavy atom. The predicted octanol–water partition coefficient (Wildman–Crippen LogP) is 1.83. The molecule has 0 fully saturated rings. The molecule has 1 heterocycles. The van der Waals surface area contributed by atoms with Crippen LogP contribution in [0.5, 0.6) is 0 Å². The SMILES string of the molecule is CCn1ccnc1CNC1(CO)CCc2ccccc21. The smallest absolute Gasteiger partial charge is 0.122 e. The Labute approximate surface area is 119 Å². The van der Waals surface area contributed by atoms with Crippen molar-refractivity contribution in [3.8, 4) is 0 Å². The maximum Gasteiger partial charge on any atom is 0.122 e. The number of fused-ring (bicyclic) bond motifs is 1. The number of aliphatic hydroxyl groups excluding tert-OH is 1. The van der Waals surface area contributed by atoms with Crippen molar-refractivity contribution in [1.29, 1.82) is 0 Å². The van der Waals surface area contributed by atoms with E-state index in [1.807, 2.05) is 18.5 Å². The summed E-state index contributed by atoms with van der Waals surface area (Å²) in [5.74, 6) is 1.02. The molecule has 20 heavy (non-hydrogen) atoms. The van der Waals surface area contributed by atoms with Gasteiger partial charge in [0, 0.05) is 18.9 Å². The van der Waals surface area contributed by atoms with E-state index >= 15 is 0 Å². The minimum absolute atomic E-state index is 0.122. The van der Waals surface area contributed by atoms with Crippen LogP contribution in [0.2, 0.25) is 0 Å². The van der Waals surface area contributed by atoms with E-state index in [0.717, 1.165) is 25.2 Å². The van der Waals surface area contributed by atoms with E-state index in [-0.39, 0.29) is 12.1 Å². The van der Waals surface area contributed by atoms with Crippen molar-refractivity contribution in [2.24, 2.45) is 0 Å². The molecule has 1 aromatic heterocycles. The number of aliphatic hydroxyl groups is 1. The molecule has 0 spiro atoms. The van der Waals surface area contributed by atoms with Crippen molar-refractivity contribution in [2.45, 2.75) is 38.4 Å². The van der Waals surface area contributed by atoms with Crippen LogP contribution in [-0.2, 0) is 25.0 Å². The third-order valence-electron chi connectivity index (χ3n) is 4.35. The van der Waals surface area contributed by atoms with Gasteiger partial charge in [-0.25, -0.2) is 4.98 Å². The Morgan fingerprint density at radius 1 is 1.40 bits per heavy atom. The summed E-state index contributed by atoms with van der Waals surface area (Å²) in [6, 6.07) is 8.39. The monoisotopic (exact) mass is 271 g/mol. The van der Waals surface area contributed by atoms with Crippen molar-refractivity contribution in [1.82, 2.24) is 14.9 Å². The van der Waals surface area contributed by atoms with Crippen molar-refractivity contribution in [3.63, 3.8) is 0 Å². The van der Waals surface area contributed by atoms with Crippen LogP contribution < -0.4 is 5.32 Å². The highest BCUT2D eigenvalue weighted by atomic mass is 16.3. The van der Waals surface area contributed by atoms with Crippen LogP contribution in [0.1, 0.15) is 30.3 Å². The molecule has 106 valence electrons. The van der Waals surface area contributed by atoms with Crippen LogP contribution in [0, 0.1) is 0 Å². The summed E-state index contributed by atoms with van der Waals surface area (Å²) >= 11 is 0. The highest BCUT2D eigenvalue weighted by molar-refractivity contribution is 5.38. The van der Waals surface area contributed by atoms with Gasteiger partial charge < -0.3 is 9.67 Å². The highest BCUT2D eigenvalue weighted by Crippen LogP contribution is 2.36. The third kappa shape index (κ3) is 2.15. The standard InChI is InChI=1S/C16H21N3O/c1-2-19-10-9-17-15(19)11-18-16(12-20)8-7-13-5-3-4-6-14(13)16/h3-6,9-10,18,20H,2,7-8,11-12H2,1H3. The summed E-state index contributed by atoms with van der Waals surface area (Å²) in [5, 5.41) is 13.5. The fourth-order valence-corrected chi connectivity index (χ4v) is 3.14. The molecule has 1 aliphatic rings.